The van der Waals surface area contributed by atoms with Gasteiger partial charge in [-0.05, 0) is 55.7 Å². The molecule has 3 aromatic heterocycles. The van der Waals surface area contributed by atoms with Crippen LogP contribution in [0.2, 0.25) is 0 Å². The lowest BCUT2D eigenvalue weighted by Gasteiger charge is -2.12. The molecule has 2 aromatic carbocycles. The SMILES string of the molecule is CCCCn1c(CC)nc2c(c1=O)c1nc3ccccc3nc1n2-c1cc(C)cc(C)c1. The number of para-hydroxylation sites is 2. The fraction of sp³-hybridized carbons (Fsp3) is 0.308. The summed E-state index contributed by atoms with van der Waals surface area (Å²) >= 11 is 0. The number of hydrogen-bond acceptors (Lipinski definition) is 4. The third kappa shape index (κ3) is 3.18. The molecule has 6 nitrogen and oxygen atoms in total. The Balaban J connectivity index is 1.99. The first kappa shape index (κ1) is 20.4. The van der Waals surface area contributed by atoms with E-state index in [0.717, 1.165) is 46.5 Å². The van der Waals surface area contributed by atoms with Crippen LogP contribution in [0.5, 0.6) is 0 Å². The van der Waals surface area contributed by atoms with Crippen LogP contribution >= 0.6 is 0 Å². The molecular formula is C26H27N5O. The van der Waals surface area contributed by atoms with Gasteiger partial charge in [-0.3, -0.25) is 13.9 Å². The van der Waals surface area contributed by atoms with Gasteiger partial charge in [0.2, 0.25) is 0 Å². The molecule has 3 heterocycles. The average molecular weight is 426 g/mol. The Hall–Kier alpha value is -3.54. The number of unbranched alkanes of at least 4 members (excludes halogenated alkanes) is 1. The van der Waals surface area contributed by atoms with E-state index in [1.165, 1.54) is 0 Å². The van der Waals surface area contributed by atoms with Crippen molar-refractivity contribution in [1.82, 2.24) is 24.1 Å². The van der Waals surface area contributed by atoms with Crippen molar-refractivity contribution >= 4 is 33.2 Å². The number of benzene rings is 2. The quantitative estimate of drug-likeness (QED) is 0.385. The van der Waals surface area contributed by atoms with Crippen LogP contribution in [-0.4, -0.2) is 24.1 Å². The molecule has 6 heteroatoms. The molecule has 5 aromatic rings. The molecule has 32 heavy (non-hydrogen) atoms. The van der Waals surface area contributed by atoms with Crippen LogP contribution in [-0.2, 0) is 13.0 Å². The zero-order valence-corrected chi connectivity index (χ0v) is 19.0. The van der Waals surface area contributed by atoms with Crippen molar-refractivity contribution in [2.45, 2.75) is 53.5 Å². The minimum absolute atomic E-state index is 0.0296. The van der Waals surface area contributed by atoms with Gasteiger partial charge in [0.1, 0.15) is 16.7 Å². The Morgan fingerprint density at radius 2 is 1.56 bits per heavy atom. The zero-order valence-electron chi connectivity index (χ0n) is 19.0. The summed E-state index contributed by atoms with van der Waals surface area (Å²) in [4.78, 5) is 28.7. The van der Waals surface area contributed by atoms with E-state index in [1.807, 2.05) is 40.3 Å². The van der Waals surface area contributed by atoms with Crippen molar-refractivity contribution in [2.24, 2.45) is 0 Å². The average Bonchev–Trinajstić information content (AvgIpc) is 3.09. The van der Waals surface area contributed by atoms with Crippen LogP contribution in [0, 0.1) is 13.8 Å². The van der Waals surface area contributed by atoms with Crippen LogP contribution in [0.1, 0.15) is 43.6 Å². The monoisotopic (exact) mass is 425 g/mol. The molecule has 0 amide bonds. The van der Waals surface area contributed by atoms with Gasteiger partial charge in [0, 0.05) is 18.7 Å². The van der Waals surface area contributed by atoms with Crippen LogP contribution in [0.15, 0.2) is 47.3 Å². The summed E-state index contributed by atoms with van der Waals surface area (Å²) < 4.78 is 3.84. The van der Waals surface area contributed by atoms with E-state index >= 15 is 0 Å². The van der Waals surface area contributed by atoms with E-state index in [-0.39, 0.29) is 5.56 Å². The van der Waals surface area contributed by atoms with Gasteiger partial charge < -0.3 is 0 Å². The van der Waals surface area contributed by atoms with Gasteiger partial charge in [-0.15, -0.1) is 0 Å². The predicted octanol–water partition coefficient (Wildman–Crippen LogP) is 5.26. The Morgan fingerprint density at radius 3 is 2.22 bits per heavy atom. The van der Waals surface area contributed by atoms with Crippen LogP contribution in [0.3, 0.4) is 0 Å². The number of hydrogen-bond donors (Lipinski definition) is 0. The Kier molecular flexibility index (Phi) is 5.00. The molecular weight excluding hydrogens is 398 g/mol. The maximum atomic E-state index is 13.8. The fourth-order valence-corrected chi connectivity index (χ4v) is 4.51. The molecule has 0 aliphatic carbocycles. The standard InChI is InChI=1S/C26H27N5O/c1-5-7-12-30-21(6-2)29-24-22(26(30)32)23-25(28-20-11-9-8-10-19(20)27-23)31(24)18-14-16(3)13-17(4)15-18/h8-11,13-15H,5-7,12H2,1-4H3. The minimum Gasteiger partial charge on any atom is -0.296 e. The van der Waals surface area contributed by atoms with E-state index in [1.54, 1.807) is 0 Å². The Morgan fingerprint density at radius 1 is 0.875 bits per heavy atom. The normalized spacial score (nSPS) is 11.8. The highest BCUT2D eigenvalue weighted by molar-refractivity contribution is 6.05. The highest BCUT2D eigenvalue weighted by Crippen LogP contribution is 2.29. The van der Waals surface area contributed by atoms with E-state index in [9.17, 15) is 4.79 Å². The van der Waals surface area contributed by atoms with Crippen molar-refractivity contribution < 1.29 is 0 Å². The molecule has 0 bridgehead atoms. The first-order chi connectivity index (χ1) is 15.5. The second-order valence-electron chi connectivity index (χ2n) is 8.46. The van der Waals surface area contributed by atoms with Crippen LogP contribution < -0.4 is 5.56 Å². The molecule has 0 saturated heterocycles. The minimum atomic E-state index is -0.0296. The van der Waals surface area contributed by atoms with E-state index < -0.39 is 0 Å². The summed E-state index contributed by atoms with van der Waals surface area (Å²) in [6.07, 6.45) is 2.64. The number of fused-ring (bicyclic) bond motifs is 4. The largest absolute Gasteiger partial charge is 0.296 e. The first-order valence-electron chi connectivity index (χ1n) is 11.3. The van der Waals surface area contributed by atoms with Crippen molar-refractivity contribution in [3.63, 3.8) is 0 Å². The summed E-state index contributed by atoms with van der Waals surface area (Å²) in [6.45, 7) is 9.00. The number of nitrogens with zero attached hydrogens (tertiary/aromatic N) is 5. The van der Waals surface area contributed by atoms with E-state index in [4.69, 9.17) is 15.0 Å². The van der Waals surface area contributed by atoms with Gasteiger partial charge in [0.15, 0.2) is 11.3 Å². The molecule has 5 rings (SSSR count). The molecule has 0 aliphatic rings. The van der Waals surface area contributed by atoms with Crippen LogP contribution in [0.4, 0.5) is 0 Å². The van der Waals surface area contributed by atoms with Crippen molar-refractivity contribution in [1.29, 1.82) is 0 Å². The summed E-state index contributed by atoms with van der Waals surface area (Å²) in [6, 6.07) is 14.1. The molecule has 0 atom stereocenters. The van der Waals surface area contributed by atoms with Crippen molar-refractivity contribution in [3.8, 4) is 5.69 Å². The van der Waals surface area contributed by atoms with Crippen molar-refractivity contribution in [2.75, 3.05) is 0 Å². The fourth-order valence-electron chi connectivity index (χ4n) is 4.51. The third-order valence-corrected chi connectivity index (χ3v) is 5.96. The van der Waals surface area contributed by atoms with Gasteiger partial charge in [0.05, 0.1) is 11.0 Å². The molecule has 0 spiro atoms. The highest BCUT2D eigenvalue weighted by atomic mass is 16.1. The summed E-state index contributed by atoms with van der Waals surface area (Å²) in [7, 11) is 0. The highest BCUT2D eigenvalue weighted by Gasteiger charge is 2.22. The van der Waals surface area contributed by atoms with Gasteiger partial charge in [-0.25, -0.2) is 15.0 Å². The van der Waals surface area contributed by atoms with Crippen LogP contribution in [0.25, 0.3) is 38.9 Å². The number of rotatable bonds is 5. The molecule has 0 aliphatic heterocycles. The lowest BCUT2D eigenvalue weighted by atomic mass is 10.1. The van der Waals surface area contributed by atoms with Gasteiger partial charge in [0.25, 0.3) is 5.56 Å². The second kappa shape index (κ2) is 7.86. The maximum Gasteiger partial charge on any atom is 0.265 e. The van der Waals surface area contributed by atoms with E-state index in [0.29, 0.717) is 35.2 Å². The van der Waals surface area contributed by atoms with Crippen molar-refractivity contribution in [3.05, 3.63) is 69.8 Å². The number of aryl methyl sites for hydroxylation is 3. The molecule has 0 radical (unpaired) electrons. The number of aromatic nitrogens is 5. The lowest BCUT2D eigenvalue weighted by molar-refractivity contribution is 0.579. The van der Waals surface area contributed by atoms with Gasteiger partial charge in [-0.1, -0.05) is 38.5 Å². The smallest absolute Gasteiger partial charge is 0.265 e. The summed E-state index contributed by atoms with van der Waals surface area (Å²) in [5.74, 6) is 0.800. The third-order valence-electron chi connectivity index (χ3n) is 5.96. The molecule has 162 valence electrons. The van der Waals surface area contributed by atoms with E-state index in [2.05, 4.69) is 39.0 Å². The second-order valence-corrected chi connectivity index (χ2v) is 8.46. The van der Waals surface area contributed by atoms with Gasteiger partial charge in [-0.2, -0.15) is 0 Å². The molecule has 0 fully saturated rings. The lowest BCUT2D eigenvalue weighted by Crippen LogP contribution is -2.25. The molecule has 0 saturated carbocycles. The summed E-state index contributed by atoms with van der Waals surface area (Å²) in [5, 5.41) is 0.547. The molecule has 0 unspecified atom stereocenters. The first-order valence-corrected chi connectivity index (χ1v) is 11.3. The molecule has 0 N–H and O–H groups in total. The Bertz CT molecular complexity index is 1520. The Labute approximate surface area is 186 Å². The summed E-state index contributed by atoms with van der Waals surface area (Å²) in [5.41, 5.74) is 6.72. The maximum absolute atomic E-state index is 13.8. The topological polar surface area (TPSA) is 65.6 Å². The predicted molar refractivity (Wildman–Crippen MR) is 130 cm³/mol. The van der Waals surface area contributed by atoms with Gasteiger partial charge >= 0.3 is 0 Å². The zero-order chi connectivity index (χ0) is 22.4.